The molecule has 7 nitrogen and oxygen atoms in total. The van der Waals surface area contributed by atoms with Crippen molar-refractivity contribution in [3.63, 3.8) is 0 Å². The summed E-state index contributed by atoms with van der Waals surface area (Å²) in [5.41, 5.74) is 0.622. The van der Waals surface area contributed by atoms with E-state index in [2.05, 4.69) is 10.5 Å². The van der Waals surface area contributed by atoms with Crippen LogP contribution in [-0.2, 0) is 16.9 Å². The van der Waals surface area contributed by atoms with Crippen LogP contribution in [0.5, 0.6) is 0 Å². The molecule has 1 atom stereocenters. The third-order valence-corrected chi connectivity index (χ3v) is 3.86. The number of carbonyl (C=O) groups excluding carboxylic acids is 2. The average Bonchev–Trinajstić information content (AvgIpc) is 3.05. The first-order valence-electron chi connectivity index (χ1n) is 7.01. The fourth-order valence-electron chi connectivity index (χ4n) is 2.56. The molecule has 1 fully saturated rings. The molecule has 1 N–H and O–H groups in total. The van der Waals surface area contributed by atoms with Crippen molar-refractivity contribution in [2.24, 2.45) is 0 Å². The second-order valence-electron chi connectivity index (χ2n) is 5.57. The summed E-state index contributed by atoms with van der Waals surface area (Å²) in [6, 6.07) is 9.77. The van der Waals surface area contributed by atoms with Gasteiger partial charge in [-0.1, -0.05) is 17.3 Å². The zero-order valence-electron chi connectivity index (χ0n) is 12.7. The van der Waals surface area contributed by atoms with Crippen LogP contribution in [0.1, 0.15) is 29.5 Å². The lowest BCUT2D eigenvalue weighted by molar-refractivity contribution is -0.131. The fraction of sp³-hybridized carbons (Fsp3) is 0.250. The topological polar surface area (TPSA) is 99.2 Å². The third-order valence-electron chi connectivity index (χ3n) is 3.86. The van der Waals surface area contributed by atoms with Crippen LogP contribution in [0.4, 0.5) is 4.79 Å². The van der Waals surface area contributed by atoms with Gasteiger partial charge in [-0.15, -0.1) is 0 Å². The zero-order valence-corrected chi connectivity index (χ0v) is 12.7. The molecule has 0 saturated carbocycles. The second kappa shape index (κ2) is 5.25. The Labute approximate surface area is 132 Å². The van der Waals surface area contributed by atoms with Crippen molar-refractivity contribution >= 4 is 11.9 Å². The zero-order chi connectivity index (χ0) is 16.6. The summed E-state index contributed by atoms with van der Waals surface area (Å²) >= 11 is 0. The molecule has 116 valence electrons. The van der Waals surface area contributed by atoms with E-state index in [-0.39, 0.29) is 12.5 Å². The lowest BCUT2D eigenvalue weighted by Gasteiger charge is -2.22. The number of urea groups is 1. The standard InChI is InChI=1S/C16H14N4O3/c1-10-7-13(23-19-10)9-20-14(21)16(2,18-15(20)22)12-5-3-11(8-17)4-6-12/h3-7H,9H2,1-2H3,(H,18,22). The molecule has 0 radical (unpaired) electrons. The van der Waals surface area contributed by atoms with E-state index in [4.69, 9.17) is 9.78 Å². The highest BCUT2D eigenvalue weighted by molar-refractivity contribution is 6.07. The van der Waals surface area contributed by atoms with Crippen molar-refractivity contribution in [1.29, 1.82) is 5.26 Å². The maximum absolute atomic E-state index is 12.7. The highest BCUT2D eigenvalue weighted by Crippen LogP contribution is 2.30. The van der Waals surface area contributed by atoms with Gasteiger partial charge in [0.2, 0.25) is 0 Å². The Morgan fingerprint density at radius 2 is 2.04 bits per heavy atom. The van der Waals surface area contributed by atoms with Gasteiger partial charge in [-0.3, -0.25) is 9.69 Å². The molecule has 1 aromatic heterocycles. The van der Waals surface area contributed by atoms with Crippen LogP contribution in [0.25, 0.3) is 0 Å². The summed E-state index contributed by atoms with van der Waals surface area (Å²) < 4.78 is 5.07. The van der Waals surface area contributed by atoms with Gasteiger partial charge in [0.15, 0.2) is 5.76 Å². The number of benzene rings is 1. The predicted molar refractivity (Wildman–Crippen MR) is 78.8 cm³/mol. The van der Waals surface area contributed by atoms with Crippen LogP contribution in [0.3, 0.4) is 0 Å². The van der Waals surface area contributed by atoms with Crippen LogP contribution in [-0.4, -0.2) is 22.0 Å². The summed E-state index contributed by atoms with van der Waals surface area (Å²) in [7, 11) is 0. The van der Waals surface area contributed by atoms with Gasteiger partial charge in [0.05, 0.1) is 23.9 Å². The molecule has 1 aliphatic heterocycles. The SMILES string of the molecule is Cc1cc(CN2C(=O)NC(C)(c3ccc(C#N)cc3)C2=O)on1. The van der Waals surface area contributed by atoms with Crippen LogP contribution < -0.4 is 5.32 Å². The van der Waals surface area contributed by atoms with Crippen molar-refractivity contribution in [2.75, 3.05) is 0 Å². The fourth-order valence-corrected chi connectivity index (χ4v) is 2.56. The number of rotatable bonds is 3. The molecule has 1 aromatic carbocycles. The van der Waals surface area contributed by atoms with E-state index in [0.717, 1.165) is 4.90 Å². The van der Waals surface area contributed by atoms with E-state index in [1.54, 1.807) is 44.2 Å². The van der Waals surface area contributed by atoms with E-state index < -0.39 is 11.6 Å². The van der Waals surface area contributed by atoms with Gasteiger partial charge in [0, 0.05) is 6.07 Å². The van der Waals surface area contributed by atoms with E-state index in [9.17, 15) is 9.59 Å². The van der Waals surface area contributed by atoms with Gasteiger partial charge in [-0.2, -0.15) is 5.26 Å². The average molecular weight is 310 g/mol. The molecule has 2 heterocycles. The maximum Gasteiger partial charge on any atom is 0.325 e. The van der Waals surface area contributed by atoms with Gasteiger partial charge in [-0.25, -0.2) is 4.79 Å². The van der Waals surface area contributed by atoms with Crippen LogP contribution in [0.2, 0.25) is 0 Å². The van der Waals surface area contributed by atoms with E-state index in [1.165, 1.54) is 0 Å². The summed E-state index contributed by atoms with van der Waals surface area (Å²) in [6.07, 6.45) is 0. The summed E-state index contributed by atoms with van der Waals surface area (Å²) in [6.45, 7) is 3.43. The molecule has 3 rings (SSSR count). The molecule has 0 spiro atoms. The molecule has 2 aromatic rings. The highest BCUT2D eigenvalue weighted by Gasteiger charge is 2.49. The predicted octanol–water partition coefficient (Wildman–Crippen LogP) is 1.82. The van der Waals surface area contributed by atoms with Crippen molar-refractivity contribution in [3.8, 4) is 6.07 Å². The Kier molecular flexibility index (Phi) is 3.37. The number of hydrogen-bond donors (Lipinski definition) is 1. The normalized spacial score (nSPS) is 20.5. The molecular weight excluding hydrogens is 296 g/mol. The third kappa shape index (κ3) is 2.44. The first-order chi connectivity index (χ1) is 10.9. The largest absolute Gasteiger partial charge is 0.359 e. The minimum absolute atomic E-state index is 0.0252. The Bertz CT molecular complexity index is 819. The first kappa shape index (κ1) is 14.8. The van der Waals surface area contributed by atoms with Crippen molar-refractivity contribution in [2.45, 2.75) is 25.9 Å². The molecule has 23 heavy (non-hydrogen) atoms. The van der Waals surface area contributed by atoms with Gasteiger partial charge >= 0.3 is 6.03 Å². The smallest absolute Gasteiger partial charge is 0.325 e. The lowest BCUT2D eigenvalue weighted by Crippen LogP contribution is -2.40. The molecule has 0 aliphatic carbocycles. The Morgan fingerprint density at radius 3 is 2.61 bits per heavy atom. The van der Waals surface area contributed by atoms with Crippen LogP contribution >= 0.6 is 0 Å². The first-order valence-corrected chi connectivity index (χ1v) is 7.01. The Morgan fingerprint density at radius 1 is 1.35 bits per heavy atom. The van der Waals surface area contributed by atoms with Gasteiger partial charge in [0.25, 0.3) is 5.91 Å². The van der Waals surface area contributed by atoms with Gasteiger partial charge in [-0.05, 0) is 31.5 Å². The van der Waals surface area contributed by atoms with Crippen LogP contribution in [0, 0.1) is 18.3 Å². The van der Waals surface area contributed by atoms with Crippen molar-refractivity contribution in [3.05, 3.63) is 52.9 Å². The second-order valence-corrected chi connectivity index (χ2v) is 5.57. The summed E-state index contributed by atoms with van der Waals surface area (Å²) in [4.78, 5) is 26.0. The number of nitriles is 1. The van der Waals surface area contributed by atoms with Crippen LogP contribution in [0.15, 0.2) is 34.9 Å². The van der Waals surface area contributed by atoms with E-state index in [1.807, 2.05) is 6.07 Å². The monoisotopic (exact) mass is 310 g/mol. The quantitative estimate of drug-likeness (QED) is 0.872. The summed E-state index contributed by atoms with van der Waals surface area (Å²) in [5, 5.41) is 15.3. The Balaban J connectivity index is 1.88. The van der Waals surface area contributed by atoms with Gasteiger partial charge in [0.1, 0.15) is 5.54 Å². The van der Waals surface area contributed by atoms with Gasteiger partial charge < -0.3 is 9.84 Å². The number of imide groups is 1. The molecule has 0 bridgehead atoms. The van der Waals surface area contributed by atoms with E-state index >= 15 is 0 Å². The number of carbonyl (C=O) groups is 2. The molecule has 1 saturated heterocycles. The minimum atomic E-state index is -1.17. The number of aryl methyl sites for hydroxylation is 1. The number of aromatic nitrogens is 1. The maximum atomic E-state index is 12.7. The molecule has 3 amide bonds. The molecule has 1 unspecified atom stereocenters. The van der Waals surface area contributed by atoms with Crippen molar-refractivity contribution < 1.29 is 14.1 Å². The highest BCUT2D eigenvalue weighted by atomic mass is 16.5. The van der Waals surface area contributed by atoms with Crippen molar-refractivity contribution in [1.82, 2.24) is 15.4 Å². The summed E-state index contributed by atoms with van der Waals surface area (Å²) in [5.74, 6) is 0.0661. The number of nitrogens with zero attached hydrogens (tertiary/aromatic N) is 3. The Hall–Kier alpha value is -3.14. The molecule has 1 aliphatic rings. The molecular formula is C16H14N4O3. The molecule has 7 heteroatoms. The number of nitrogens with one attached hydrogen (secondary N) is 1. The lowest BCUT2D eigenvalue weighted by atomic mass is 9.91. The number of hydrogen-bond acceptors (Lipinski definition) is 5. The van der Waals surface area contributed by atoms with E-state index in [0.29, 0.717) is 22.6 Å². The minimum Gasteiger partial charge on any atom is -0.359 e. The number of amides is 3.